The van der Waals surface area contributed by atoms with Gasteiger partial charge in [0.25, 0.3) is 5.56 Å². The Hall–Kier alpha value is -3.55. The number of sulfonamides is 1. The van der Waals surface area contributed by atoms with Crippen LogP contribution in [0, 0.1) is 6.92 Å². The second-order valence-corrected chi connectivity index (χ2v) is 12.4. The maximum atomic E-state index is 13.5. The summed E-state index contributed by atoms with van der Waals surface area (Å²) in [5, 5.41) is 1.34. The van der Waals surface area contributed by atoms with Gasteiger partial charge in [-0.2, -0.15) is 0 Å². The van der Waals surface area contributed by atoms with Crippen LogP contribution in [0.25, 0.3) is 22.0 Å². The third-order valence-corrected chi connectivity index (χ3v) is 9.24. The molecule has 3 aromatic carbocycles. The predicted molar refractivity (Wildman–Crippen MR) is 160 cm³/mol. The number of nitrogens with one attached hydrogen (secondary N) is 1. The number of aryl methyl sites for hydroxylation is 1. The van der Waals surface area contributed by atoms with Gasteiger partial charge in [0.1, 0.15) is 0 Å². The highest BCUT2D eigenvalue weighted by Crippen LogP contribution is 2.39. The maximum absolute atomic E-state index is 13.5. The standard InChI is InChI=1S/C33H36N2O4S/c1-24-18-20-25(21-19-24)40(38,39)34-22-12-6-4-2-3-5-7-13-23-35-31-27-15-9-10-16-28(27)32(36)30(31)26-14-8-11-17-29(26)33(35)37/h8-11,14-21,34H,2-7,12-13,22-23H2,1H3. The van der Waals surface area contributed by atoms with Crippen LogP contribution >= 0.6 is 0 Å². The van der Waals surface area contributed by atoms with E-state index in [4.69, 9.17) is 0 Å². The molecule has 0 saturated heterocycles. The third-order valence-electron chi connectivity index (χ3n) is 7.76. The second-order valence-electron chi connectivity index (χ2n) is 10.6. The lowest BCUT2D eigenvalue weighted by Gasteiger charge is -2.15. The van der Waals surface area contributed by atoms with Gasteiger partial charge < -0.3 is 4.57 Å². The first-order valence-corrected chi connectivity index (χ1v) is 15.7. The van der Waals surface area contributed by atoms with Crippen molar-refractivity contribution in [1.82, 2.24) is 9.29 Å². The van der Waals surface area contributed by atoms with E-state index in [1.54, 1.807) is 24.3 Å². The number of unbranched alkanes of at least 4 members (excludes halogenated alkanes) is 7. The summed E-state index contributed by atoms with van der Waals surface area (Å²) in [6, 6.07) is 21.9. The largest absolute Gasteiger partial charge is 0.307 e. The van der Waals surface area contributed by atoms with Gasteiger partial charge in [-0.3, -0.25) is 9.59 Å². The van der Waals surface area contributed by atoms with Gasteiger partial charge in [0, 0.05) is 35.0 Å². The summed E-state index contributed by atoms with van der Waals surface area (Å²) in [5.74, 6) is -0.00139. The molecule has 40 heavy (non-hydrogen) atoms. The van der Waals surface area contributed by atoms with Crippen LogP contribution < -0.4 is 10.3 Å². The van der Waals surface area contributed by atoms with E-state index in [0.717, 1.165) is 73.6 Å². The Bertz CT molecular complexity index is 1690. The highest BCUT2D eigenvalue weighted by atomic mass is 32.2. The Kier molecular flexibility index (Phi) is 8.62. The molecule has 0 unspecified atom stereocenters. The van der Waals surface area contributed by atoms with Crippen molar-refractivity contribution in [3.8, 4) is 11.3 Å². The highest BCUT2D eigenvalue weighted by Gasteiger charge is 2.32. The summed E-state index contributed by atoms with van der Waals surface area (Å²) in [5.41, 5.74) is 3.94. The SMILES string of the molecule is Cc1ccc(S(=O)(=O)NCCCCCCCCCCn2c3c(c4ccccc4c2=O)C(=O)c2ccccc2-3)cc1. The van der Waals surface area contributed by atoms with Gasteiger partial charge in [-0.1, -0.05) is 98.7 Å². The number of fused-ring (bicyclic) bond motifs is 5. The van der Waals surface area contributed by atoms with Gasteiger partial charge in [-0.05, 0) is 38.0 Å². The van der Waals surface area contributed by atoms with Crippen molar-refractivity contribution in [2.24, 2.45) is 0 Å². The van der Waals surface area contributed by atoms with Crippen molar-refractivity contribution in [2.75, 3.05) is 6.54 Å². The molecule has 0 atom stereocenters. The Morgan fingerprint density at radius 2 is 1.25 bits per heavy atom. The lowest BCUT2D eigenvalue weighted by atomic mass is 10.0. The lowest BCUT2D eigenvalue weighted by molar-refractivity contribution is 0.104. The van der Waals surface area contributed by atoms with Gasteiger partial charge in [0.2, 0.25) is 10.0 Å². The summed E-state index contributed by atoms with van der Waals surface area (Å²) < 4.78 is 29.2. The van der Waals surface area contributed by atoms with Gasteiger partial charge >= 0.3 is 0 Å². The smallest absolute Gasteiger partial charge is 0.258 e. The molecule has 1 heterocycles. The Morgan fingerprint density at radius 3 is 1.95 bits per heavy atom. The first kappa shape index (κ1) is 28.0. The predicted octanol–water partition coefficient (Wildman–Crippen LogP) is 6.62. The number of nitrogens with zero attached hydrogens (tertiary/aromatic N) is 1. The van der Waals surface area contributed by atoms with Crippen molar-refractivity contribution >= 4 is 26.6 Å². The number of carbonyl (C=O) groups is 1. The average Bonchev–Trinajstić information content (AvgIpc) is 3.26. The Morgan fingerprint density at radius 1 is 0.675 bits per heavy atom. The molecule has 0 saturated carbocycles. The lowest BCUT2D eigenvalue weighted by Crippen LogP contribution is -2.24. The van der Waals surface area contributed by atoms with Gasteiger partial charge in [0.15, 0.2) is 5.78 Å². The first-order chi connectivity index (χ1) is 19.4. The second kappa shape index (κ2) is 12.3. The number of hydrogen-bond donors (Lipinski definition) is 1. The normalized spacial score (nSPS) is 12.6. The summed E-state index contributed by atoms with van der Waals surface area (Å²) >= 11 is 0. The number of aromatic nitrogens is 1. The zero-order valence-corrected chi connectivity index (χ0v) is 23.8. The molecule has 1 aliphatic rings. The average molecular weight is 557 g/mol. The number of pyridine rings is 1. The van der Waals surface area contributed by atoms with Crippen LogP contribution in [0.2, 0.25) is 0 Å². The maximum Gasteiger partial charge on any atom is 0.258 e. The molecule has 1 aromatic heterocycles. The molecule has 0 spiro atoms. The monoisotopic (exact) mass is 556 g/mol. The summed E-state index contributed by atoms with van der Waals surface area (Å²) in [6.07, 6.45) is 8.08. The minimum absolute atomic E-state index is 0.00139. The van der Waals surface area contributed by atoms with E-state index in [1.807, 2.05) is 60.0 Å². The molecule has 0 aliphatic heterocycles. The molecule has 5 rings (SSSR count). The van der Waals surface area contributed by atoms with E-state index < -0.39 is 10.0 Å². The van der Waals surface area contributed by atoms with Crippen LogP contribution in [-0.2, 0) is 16.6 Å². The number of carbonyl (C=O) groups excluding carboxylic acids is 1. The molecule has 1 aliphatic carbocycles. The van der Waals surface area contributed by atoms with Crippen molar-refractivity contribution in [3.63, 3.8) is 0 Å². The van der Waals surface area contributed by atoms with E-state index in [2.05, 4.69) is 4.72 Å². The van der Waals surface area contributed by atoms with Crippen LogP contribution in [0.15, 0.2) is 82.5 Å². The van der Waals surface area contributed by atoms with E-state index >= 15 is 0 Å². The van der Waals surface area contributed by atoms with Crippen molar-refractivity contribution in [3.05, 3.63) is 99.8 Å². The molecule has 4 aromatic rings. The fraction of sp³-hybridized carbons (Fsp3) is 0.333. The van der Waals surface area contributed by atoms with E-state index in [0.29, 0.717) is 34.5 Å². The summed E-state index contributed by atoms with van der Waals surface area (Å²) in [7, 11) is -3.44. The van der Waals surface area contributed by atoms with Gasteiger partial charge in [-0.15, -0.1) is 0 Å². The minimum atomic E-state index is -3.44. The number of rotatable bonds is 13. The van der Waals surface area contributed by atoms with Crippen LogP contribution in [0.4, 0.5) is 0 Å². The minimum Gasteiger partial charge on any atom is -0.307 e. The Labute approximate surface area is 236 Å². The molecule has 0 bridgehead atoms. The quantitative estimate of drug-likeness (QED) is 0.165. The highest BCUT2D eigenvalue weighted by molar-refractivity contribution is 7.89. The van der Waals surface area contributed by atoms with E-state index in [1.165, 1.54) is 0 Å². The van der Waals surface area contributed by atoms with Crippen molar-refractivity contribution in [1.29, 1.82) is 0 Å². The fourth-order valence-electron chi connectivity index (χ4n) is 5.61. The van der Waals surface area contributed by atoms with Crippen LogP contribution in [0.3, 0.4) is 0 Å². The zero-order valence-electron chi connectivity index (χ0n) is 23.0. The number of hydrogen-bond acceptors (Lipinski definition) is 4. The summed E-state index contributed by atoms with van der Waals surface area (Å²) in [4.78, 5) is 27.1. The molecular weight excluding hydrogens is 520 g/mol. The third kappa shape index (κ3) is 5.81. The molecule has 6 nitrogen and oxygen atoms in total. The molecule has 0 amide bonds. The Balaban J connectivity index is 1.08. The number of ketones is 1. The molecule has 1 N–H and O–H groups in total. The molecule has 0 fully saturated rings. The molecule has 0 radical (unpaired) electrons. The van der Waals surface area contributed by atoms with Crippen LogP contribution in [0.5, 0.6) is 0 Å². The van der Waals surface area contributed by atoms with Gasteiger partial charge in [0.05, 0.1) is 16.2 Å². The fourth-order valence-corrected chi connectivity index (χ4v) is 6.68. The zero-order chi connectivity index (χ0) is 28.1. The van der Waals surface area contributed by atoms with E-state index in [-0.39, 0.29) is 11.3 Å². The van der Waals surface area contributed by atoms with E-state index in [9.17, 15) is 18.0 Å². The molecular formula is C33H36N2O4S. The molecule has 7 heteroatoms. The summed E-state index contributed by atoms with van der Waals surface area (Å²) in [6.45, 7) is 2.98. The van der Waals surface area contributed by atoms with Crippen molar-refractivity contribution < 1.29 is 13.2 Å². The topological polar surface area (TPSA) is 85.2 Å². The van der Waals surface area contributed by atoms with Crippen LogP contribution in [-0.4, -0.2) is 25.3 Å². The molecule has 208 valence electrons. The number of benzene rings is 3. The van der Waals surface area contributed by atoms with Gasteiger partial charge in [-0.25, -0.2) is 13.1 Å². The van der Waals surface area contributed by atoms with Crippen molar-refractivity contribution in [2.45, 2.75) is 69.7 Å². The van der Waals surface area contributed by atoms with Crippen LogP contribution in [0.1, 0.15) is 72.9 Å². The first-order valence-electron chi connectivity index (χ1n) is 14.2.